The normalized spacial score (nSPS) is 21.1. The molecule has 1 aliphatic heterocycles. The third kappa shape index (κ3) is 5.39. The number of rotatable bonds is 3. The smallest absolute Gasteiger partial charge is 0.410 e. The minimum atomic E-state index is -0.390. The molecule has 0 aliphatic carbocycles. The first-order valence-electron chi connectivity index (χ1n) is 6.40. The summed E-state index contributed by atoms with van der Waals surface area (Å²) >= 11 is 0. The van der Waals surface area contributed by atoms with Crippen LogP contribution < -0.4 is 0 Å². The van der Waals surface area contributed by atoms with Crippen LogP contribution in [0.2, 0.25) is 0 Å². The van der Waals surface area contributed by atoms with E-state index in [-0.39, 0.29) is 6.09 Å². The molecule has 1 atom stereocenters. The third-order valence-electron chi connectivity index (χ3n) is 2.92. The van der Waals surface area contributed by atoms with Crippen LogP contribution in [0.3, 0.4) is 0 Å². The Balaban J connectivity index is 2.32. The molecule has 100 valence electrons. The van der Waals surface area contributed by atoms with Crippen LogP contribution in [0, 0.1) is 5.92 Å². The molecule has 0 spiro atoms. The second-order valence-corrected chi connectivity index (χ2v) is 6.17. The lowest BCUT2D eigenvalue weighted by Gasteiger charge is -2.24. The number of hydrogen-bond donors (Lipinski definition) is 0. The molecule has 0 N–H and O–H groups in total. The van der Waals surface area contributed by atoms with Crippen LogP contribution in [0.5, 0.6) is 0 Å². The van der Waals surface area contributed by atoms with Gasteiger partial charge < -0.3 is 14.5 Å². The number of carbonyl (C=O) groups is 1. The van der Waals surface area contributed by atoms with Gasteiger partial charge in [0.15, 0.2) is 0 Å². The molecule has 4 heteroatoms. The zero-order chi connectivity index (χ0) is 13.1. The summed E-state index contributed by atoms with van der Waals surface area (Å²) in [6, 6.07) is 0. The lowest BCUT2D eigenvalue weighted by Crippen LogP contribution is -2.35. The van der Waals surface area contributed by atoms with Crippen molar-refractivity contribution in [3.63, 3.8) is 0 Å². The summed E-state index contributed by atoms with van der Waals surface area (Å²) in [5.74, 6) is 0.630. The van der Waals surface area contributed by atoms with Gasteiger partial charge in [0.25, 0.3) is 0 Å². The summed E-state index contributed by atoms with van der Waals surface area (Å²) in [6.45, 7) is 8.50. The number of carbonyl (C=O) groups excluding carboxylic acids is 1. The van der Waals surface area contributed by atoms with Gasteiger partial charge in [0.05, 0.1) is 0 Å². The zero-order valence-electron chi connectivity index (χ0n) is 11.8. The van der Waals surface area contributed by atoms with Crippen LogP contribution in [0.15, 0.2) is 0 Å². The number of nitrogens with zero attached hydrogens (tertiary/aromatic N) is 2. The molecule has 1 saturated heterocycles. The van der Waals surface area contributed by atoms with Gasteiger partial charge in [0.2, 0.25) is 0 Å². The van der Waals surface area contributed by atoms with E-state index >= 15 is 0 Å². The van der Waals surface area contributed by atoms with E-state index in [0.717, 1.165) is 32.5 Å². The average Bonchev–Trinajstić information content (AvgIpc) is 2.60. The van der Waals surface area contributed by atoms with Crippen molar-refractivity contribution in [3.8, 4) is 0 Å². The van der Waals surface area contributed by atoms with Gasteiger partial charge in [-0.1, -0.05) is 0 Å². The number of amides is 1. The van der Waals surface area contributed by atoms with Crippen LogP contribution in [0.4, 0.5) is 4.79 Å². The van der Waals surface area contributed by atoms with E-state index < -0.39 is 5.60 Å². The molecule has 0 bridgehead atoms. The summed E-state index contributed by atoms with van der Waals surface area (Å²) < 4.78 is 5.37. The number of likely N-dealkylation sites (tertiary alicyclic amines) is 1. The Hall–Kier alpha value is -0.770. The van der Waals surface area contributed by atoms with E-state index in [1.54, 1.807) is 0 Å². The molecule has 0 saturated carbocycles. The molecule has 1 heterocycles. The van der Waals surface area contributed by atoms with E-state index in [2.05, 4.69) is 19.0 Å². The quantitative estimate of drug-likeness (QED) is 0.760. The van der Waals surface area contributed by atoms with Crippen molar-refractivity contribution in [3.05, 3.63) is 0 Å². The number of ether oxygens (including phenoxy) is 1. The molecule has 1 fully saturated rings. The van der Waals surface area contributed by atoms with Crippen molar-refractivity contribution < 1.29 is 9.53 Å². The Morgan fingerprint density at radius 3 is 2.59 bits per heavy atom. The largest absolute Gasteiger partial charge is 0.444 e. The zero-order valence-corrected chi connectivity index (χ0v) is 11.8. The molecule has 1 aliphatic rings. The molecule has 0 unspecified atom stereocenters. The highest BCUT2D eigenvalue weighted by atomic mass is 16.6. The van der Waals surface area contributed by atoms with Gasteiger partial charge in [-0.15, -0.1) is 0 Å². The first-order valence-corrected chi connectivity index (χ1v) is 6.40. The fourth-order valence-corrected chi connectivity index (χ4v) is 2.00. The van der Waals surface area contributed by atoms with Gasteiger partial charge in [0.1, 0.15) is 5.60 Å². The van der Waals surface area contributed by atoms with E-state index in [0.29, 0.717) is 5.92 Å². The predicted octanol–water partition coefficient (Wildman–Crippen LogP) is 2.20. The lowest BCUT2D eigenvalue weighted by molar-refractivity contribution is 0.0287. The number of hydrogen-bond acceptors (Lipinski definition) is 3. The maximum atomic E-state index is 11.8. The van der Waals surface area contributed by atoms with Crippen LogP contribution in [0.1, 0.15) is 33.6 Å². The van der Waals surface area contributed by atoms with E-state index in [1.807, 2.05) is 25.7 Å². The van der Waals surface area contributed by atoms with Crippen molar-refractivity contribution in [1.82, 2.24) is 9.80 Å². The Morgan fingerprint density at radius 2 is 2.06 bits per heavy atom. The van der Waals surface area contributed by atoms with E-state index in [9.17, 15) is 4.79 Å². The lowest BCUT2D eigenvalue weighted by atomic mass is 10.1. The minimum Gasteiger partial charge on any atom is -0.444 e. The van der Waals surface area contributed by atoms with Crippen LogP contribution >= 0.6 is 0 Å². The first kappa shape index (κ1) is 14.3. The van der Waals surface area contributed by atoms with Crippen LogP contribution in [0.25, 0.3) is 0 Å². The molecule has 0 aromatic heterocycles. The topological polar surface area (TPSA) is 32.8 Å². The Labute approximate surface area is 105 Å². The molecule has 0 aromatic carbocycles. The highest BCUT2D eigenvalue weighted by Crippen LogP contribution is 2.21. The van der Waals surface area contributed by atoms with Gasteiger partial charge in [-0.2, -0.15) is 0 Å². The molecule has 17 heavy (non-hydrogen) atoms. The summed E-state index contributed by atoms with van der Waals surface area (Å²) in [7, 11) is 4.17. The van der Waals surface area contributed by atoms with E-state index in [1.165, 1.54) is 0 Å². The van der Waals surface area contributed by atoms with Crippen molar-refractivity contribution in [1.29, 1.82) is 0 Å². The second-order valence-electron chi connectivity index (χ2n) is 6.17. The summed E-state index contributed by atoms with van der Waals surface area (Å²) in [5, 5.41) is 0. The van der Waals surface area contributed by atoms with Crippen LogP contribution in [-0.2, 0) is 4.74 Å². The van der Waals surface area contributed by atoms with Gasteiger partial charge >= 0.3 is 6.09 Å². The SMILES string of the molecule is CN(C)CC[C@@H]1CCN(C(=O)OC(C)(C)C)C1. The standard InChI is InChI=1S/C13H26N2O2/c1-13(2,3)17-12(16)15-9-7-11(10-15)6-8-14(4)5/h11H,6-10H2,1-5H3/t11-/m1/s1. The molecule has 1 rings (SSSR count). The van der Waals surface area contributed by atoms with Crippen molar-refractivity contribution >= 4 is 6.09 Å². The fourth-order valence-electron chi connectivity index (χ4n) is 2.00. The van der Waals surface area contributed by atoms with Crippen molar-refractivity contribution in [2.75, 3.05) is 33.7 Å². The monoisotopic (exact) mass is 242 g/mol. The second kappa shape index (κ2) is 5.71. The van der Waals surface area contributed by atoms with E-state index in [4.69, 9.17) is 4.74 Å². The van der Waals surface area contributed by atoms with Gasteiger partial charge in [-0.3, -0.25) is 0 Å². The average molecular weight is 242 g/mol. The third-order valence-corrected chi connectivity index (χ3v) is 2.92. The molecule has 0 aromatic rings. The summed E-state index contributed by atoms with van der Waals surface area (Å²) in [5.41, 5.74) is -0.390. The van der Waals surface area contributed by atoms with Gasteiger partial charge in [-0.05, 0) is 60.2 Å². The summed E-state index contributed by atoms with van der Waals surface area (Å²) in [6.07, 6.45) is 2.10. The minimum absolute atomic E-state index is 0.162. The van der Waals surface area contributed by atoms with Crippen molar-refractivity contribution in [2.24, 2.45) is 5.92 Å². The Bertz CT molecular complexity index is 259. The Kier molecular flexibility index (Phi) is 4.80. The van der Waals surface area contributed by atoms with Gasteiger partial charge in [0, 0.05) is 13.1 Å². The molecular formula is C13H26N2O2. The maximum absolute atomic E-state index is 11.8. The molecular weight excluding hydrogens is 216 g/mol. The van der Waals surface area contributed by atoms with Crippen molar-refractivity contribution in [2.45, 2.75) is 39.2 Å². The highest BCUT2D eigenvalue weighted by Gasteiger charge is 2.29. The van der Waals surface area contributed by atoms with Gasteiger partial charge in [-0.25, -0.2) is 4.79 Å². The van der Waals surface area contributed by atoms with Crippen LogP contribution in [-0.4, -0.2) is 55.2 Å². The molecule has 0 radical (unpaired) electrons. The summed E-state index contributed by atoms with van der Waals surface area (Å²) in [4.78, 5) is 15.9. The highest BCUT2D eigenvalue weighted by molar-refractivity contribution is 5.68. The Morgan fingerprint density at radius 1 is 1.41 bits per heavy atom. The molecule has 1 amide bonds. The molecule has 4 nitrogen and oxygen atoms in total. The predicted molar refractivity (Wildman–Crippen MR) is 69.1 cm³/mol. The first-order chi connectivity index (χ1) is 7.78. The fraction of sp³-hybridized carbons (Fsp3) is 0.923. The maximum Gasteiger partial charge on any atom is 0.410 e.